The molecule has 0 fully saturated rings. The zero-order valence-electron chi connectivity index (χ0n) is 17.1. The Morgan fingerprint density at radius 1 is 1.23 bits per heavy atom. The van der Waals surface area contributed by atoms with Gasteiger partial charge in [0.25, 0.3) is 5.91 Å². The minimum Gasteiger partial charge on any atom is -0.289 e. The second-order valence-corrected chi connectivity index (χ2v) is 9.21. The van der Waals surface area contributed by atoms with Gasteiger partial charge in [-0.25, -0.2) is 23.0 Å². The number of amides is 1. The van der Waals surface area contributed by atoms with Crippen molar-refractivity contribution in [2.45, 2.75) is 37.9 Å². The summed E-state index contributed by atoms with van der Waals surface area (Å²) < 4.78 is 42.5. The van der Waals surface area contributed by atoms with Gasteiger partial charge in [-0.2, -0.15) is 4.31 Å². The number of carbonyl (C=O) groups excluding carboxylic acids is 1. The number of hydroxylamine groups is 1. The molecular formula is C20H24FN5O4S. The zero-order chi connectivity index (χ0) is 22.6. The zero-order valence-corrected chi connectivity index (χ0v) is 18.0. The highest BCUT2D eigenvalue weighted by atomic mass is 32.2. The molecule has 3 aromatic rings. The summed E-state index contributed by atoms with van der Waals surface area (Å²) in [7, 11) is -4.22. The van der Waals surface area contributed by atoms with Crippen molar-refractivity contribution in [2.24, 2.45) is 5.92 Å². The molecule has 0 unspecified atom stereocenters. The van der Waals surface area contributed by atoms with Crippen LogP contribution >= 0.6 is 0 Å². The molecule has 1 amide bonds. The number of alkyl halides is 1. The average Bonchev–Trinajstić information content (AvgIpc) is 3.19. The average molecular weight is 450 g/mol. The normalized spacial score (nSPS) is 13.1. The number of fused-ring (bicyclic) bond motifs is 1. The molecule has 11 heteroatoms. The van der Waals surface area contributed by atoms with E-state index in [1.807, 2.05) is 0 Å². The van der Waals surface area contributed by atoms with E-state index in [9.17, 15) is 22.8 Å². The molecule has 0 radical (unpaired) electrons. The number of aryl methyl sites for hydroxylation is 1. The van der Waals surface area contributed by atoms with Crippen LogP contribution in [0.4, 0.5) is 4.39 Å². The quantitative estimate of drug-likeness (QED) is 0.382. The third-order valence-corrected chi connectivity index (χ3v) is 6.76. The molecule has 3 rings (SSSR count). The van der Waals surface area contributed by atoms with Crippen molar-refractivity contribution < 1.29 is 22.8 Å². The van der Waals surface area contributed by atoms with Gasteiger partial charge in [-0.05, 0) is 17.4 Å². The molecule has 1 atom stereocenters. The van der Waals surface area contributed by atoms with E-state index in [-0.39, 0.29) is 23.7 Å². The van der Waals surface area contributed by atoms with E-state index >= 15 is 0 Å². The lowest BCUT2D eigenvalue weighted by Gasteiger charge is -2.31. The number of nitrogens with zero attached hydrogens (tertiary/aromatic N) is 4. The third-order valence-electron chi connectivity index (χ3n) is 4.87. The lowest BCUT2D eigenvalue weighted by molar-refractivity contribution is -0.134. The minimum atomic E-state index is -4.22. The van der Waals surface area contributed by atoms with Crippen molar-refractivity contribution in [1.82, 2.24) is 24.8 Å². The van der Waals surface area contributed by atoms with Gasteiger partial charge < -0.3 is 0 Å². The maximum atomic E-state index is 13.8. The molecule has 166 valence electrons. The van der Waals surface area contributed by atoms with Crippen molar-refractivity contribution in [2.75, 3.05) is 6.67 Å². The molecule has 0 aliphatic rings. The molecule has 1 heterocycles. The fourth-order valence-corrected chi connectivity index (χ4v) is 5.39. The number of sulfonamides is 1. The van der Waals surface area contributed by atoms with Crippen LogP contribution in [0.3, 0.4) is 0 Å². The van der Waals surface area contributed by atoms with E-state index in [0.717, 1.165) is 9.69 Å². The van der Waals surface area contributed by atoms with Crippen molar-refractivity contribution in [3.05, 3.63) is 54.4 Å². The predicted octanol–water partition coefficient (Wildman–Crippen LogP) is 2.12. The van der Waals surface area contributed by atoms with E-state index in [0.29, 0.717) is 5.39 Å². The highest BCUT2D eigenvalue weighted by Gasteiger charge is 2.39. The topological polar surface area (TPSA) is 117 Å². The number of rotatable bonds is 9. The molecule has 2 aromatic carbocycles. The number of aromatic nitrogens is 3. The van der Waals surface area contributed by atoms with Crippen LogP contribution in [-0.4, -0.2) is 51.5 Å². The van der Waals surface area contributed by atoms with Crippen molar-refractivity contribution in [3.63, 3.8) is 0 Å². The molecule has 0 spiro atoms. The van der Waals surface area contributed by atoms with Gasteiger partial charge in [-0.3, -0.25) is 10.0 Å². The Balaban J connectivity index is 2.14. The van der Waals surface area contributed by atoms with E-state index < -0.39 is 34.6 Å². The molecular weight excluding hydrogens is 425 g/mol. The Hall–Kier alpha value is -2.89. The molecule has 0 aliphatic heterocycles. The summed E-state index contributed by atoms with van der Waals surface area (Å²) in [6.07, 6.45) is 1.43. The molecule has 0 saturated heterocycles. The van der Waals surface area contributed by atoms with Crippen LogP contribution in [0.25, 0.3) is 10.8 Å². The molecule has 1 aromatic heterocycles. The summed E-state index contributed by atoms with van der Waals surface area (Å²) in [4.78, 5) is 12.5. The molecule has 2 N–H and O–H groups in total. The van der Waals surface area contributed by atoms with Crippen molar-refractivity contribution >= 4 is 26.7 Å². The second kappa shape index (κ2) is 9.50. The van der Waals surface area contributed by atoms with Gasteiger partial charge in [0, 0.05) is 11.6 Å². The van der Waals surface area contributed by atoms with Gasteiger partial charge in [-0.1, -0.05) is 55.5 Å². The number of benzene rings is 2. The van der Waals surface area contributed by atoms with Gasteiger partial charge in [0.15, 0.2) is 0 Å². The summed E-state index contributed by atoms with van der Waals surface area (Å²) in [5, 5.41) is 18.2. The predicted molar refractivity (Wildman–Crippen MR) is 111 cm³/mol. The summed E-state index contributed by atoms with van der Waals surface area (Å²) in [6.45, 7) is 2.39. The summed E-state index contributed by atoms with van der Waals surface area (Å²) in [5.74, 6) is -1.34. The van der Waals surface area contributed by atoms with Crippen molar-refractivity contribution in [1.29, 1.82) is 0 Å². The first kappa shape index (κ1) is 22.8. The van der Waals surface area contributed by atoms with Crippen LogP contribution in [0.15, 0.2) is 53.6 Å². The third kappa shape index (κ3) is 4.73. The number of halogens is 1. The molecule has 0 saturated carbocycles. The highest BCUT2D eigenvalue weighted by molar-refractivity contribution is 7.89. The number of hydrogen-bond acceptors (Lipinski definition) is 6. The van der Waals surface area contributed by atoms with Crippen LogP contribution < -0.4 is 5.48 Å². The Morgan fingerprint density at radius 2 is 1.94 bits per heavy atom. The van der Waals surface area contributed by atoms with Crippen molar-refractivity contribution in [3.8, 4) is 0 Å². The lowest BCUT2D eigenvalue weighted by Crippen LogP contribution is -2.51. The standard InChI is InChI=1S/C20H24FN5O4S/c1-14(2)19(20(27)23-28)26(13-16-12-25(11-10-21)24-22-16)31(29,30)18-9-5-7-15-6-3-4-8-17(15)18/h3-9,12,14,19,28H,10-11,13H2,1-2H3,(H,23,27)/t19-/m1/s1. The van der Waals surface area contributed by atoms with Gasteiger partial charge in [0.05, 0.1) is 23.7 Å². The van der Waals surface area contributed by atoms with Crippen LogP contribution in [0.2, 0.25) is 0 Å². The SMILES string of the molecule is CC(C)[C@H](C(=O)NO)N(Cc1cn(CCF)nn1)S(=O)(=O)c1cccc2ccccc12. The first-order valence-electron chi connectivity index (χ1n) is 9.68. The highest BCUT2D eigenvalue weighted by Crippen LogP contribution is 2.29. The molecule has 0 aliphatic carbocycles. The minimum absolute atomic E-state index is 0.0200. The maximum absolute atomic E-state index is 13.8. The van der Waals surface area contributed by atoms with Gasteiger partial charge in [0.1, 0.15) is 12.7 Å². The maximum Gasteiger partial charge on any atom is 0.262 e. The Labute approximate surface area is 179 Å². The smallest absolute Gasteiger partial charge is 0.262 e. The fourth-order valence-electron chi connectivity index (χ4n) is 3.48. The second-order valence-electron chi connectivity index (χ2n) is 7.35. The Bertz CT molecular complexity index is 1160. The first-order valence-corrected chi connectivity index (χ1v) is 11.1. The van der Waals surface area contributed by atoms with E-state index in [4.69, 9.17) is 0 Å². The molecule has 31 heavy (non-hydrogen) atoms. The van der Waals surface area contributed by atoms with Crippen LogP contribution in [-0.2, 0) is 27.9 Å². The lowest BCUT2D eigenvalue weighted by atomic mass is 10.0. The Morgan fingerprint density at radius 3 is 2.61 bits per heavy atom. The van der Waals surface area contributed by atoms with Crippen LogP contribution in [0.5, 0.6) is 0 Å². The number of nitrogens with one attached hydrogen (secondary N) is 1. The van der Waals surface area contributed by atoms with Crippen LogP contribution in [0, 0.1) is 5.92 Å². The van der Waals surface area contributed by atoms with Gasteiger partial charge in [-0.15, -0.1) is 5.10 Å². The van der Waals surface area contributed by atoms with E-state index in [1.54, 1.807) is 55.7 Å². The summed E-state index contributed by atoms with van der Waals surface area (Å²) in [6, 6.07) is 10.7. The van der Waals surface area contributed by atoms with E-state index in [1.165, 1.54) is 16.9 Å². The number of hydrogen-bond donors (Lipinski definition) is 2. The fraction of sp³-hybridized carbons (Fsp3) is 0.350. The van der Waals surface area contributed by atoms with Crippen LogP contribution in [0.1, 0.15) is 19.5 Å². The number of carbonyl (C=O) groups is 1. The Kier molecular flexibility index (Phi) is 6.98. The van der Waals surface area contributed by atoms with Gasteiger partial charge >= 0.3 is 0 Å². The van der Waals surface area contributed by atoms with E-state index in [2.05, 4.69) is 10.3 Å². The van der Waals surface area contributed by atoms with Gasteiger partial charge in [0.2, 0.25) is 10.0 Å². The monoisotopic (exact) mass is 449 g/mol. The summed E-state index contributed by atoms with van der Waals surface area (Å²) in [5.41, 5.74) is 1.81. The molecule has 9 nitrogen and oxygen atoms in total. The molecule has 0 bridgehead atoms. The summed E-state index contributed by atoms with van der Waals surface area (Å²) >= 11 is 0. The first-order chi connectivity index (χ1) is 14.8. The largest absolute Gasteiger partial charge is 0.289 e.